The third-order valence-electron chi connectivity index (χ3n) is 3.26. The lowest BCUT2D eigenvalue weighted by Gasteiger charge is -2.09. The van der Waals surface area contributed by atoms with Gasteiger partial charge in [-0.05, 0) is 52.9 Å². The third kappa shape index (κ3) is 4.24. The molecule has 0 aliphatic carbocycles. The zero-order valence-electron chi connectivity index (χ0n) is 13.2. The van der Waals surface area contributed by atoms with Crippen LogP contribution >= 0.6 is 11.6 Å². The minimum absolute atomic E-state index is 0.131. The smallest absolute Gasteiger partial charge is 0.262 e. The number of halogens is 1. The summed E-state index contributed by atoms with van der Waals surface area (Å²) in [6.07, 6.45) is 1.49. The van der Waals surface area contributed by atoms with Crippen molar-refractivity contribution in [2.45, 2.75) is 0 Å². The first-order valence-corrected chi connectivity index (χ1v) is 7.63. The highest BCUT2D eigenvalue weighted by Crippen LogP contribution is 2.27. The van der Waals surface area contributed by atoms with E-state index in [1.165, 1.54) is 18.1 Å². The molecule has 1 aromatic heterocycles. The maximum atomic E-state index is 12.0. The van der Waals surface area contributed by atoms with Crippen molar-refractivity contribution in [1.82, 2.24) is 20.2 Å². The molecule has 128 valence electrons. The van der Waals surface area contributed by atoms with Gasteiger partial charge in [0.15, 0.2) is 6.61 Å². The Bertz CT molecular complexity index is 853. The van der Waals surface area contributed by atoms with E-state index in [9.17, 15) is 4.79 Å². The summed E-state index contributed by atoms with van der Waals surface area (Å²) in [4.78, 5) is 12.0. The Balaban J connectivity index is 1.54. The molecule has 2 aromatic carbocycles. The highest BCUT2D eigenvalue weighted by Gasteiger charge is 2.07. The van der Waals surface area contributed by atoms with E-state index in [1.54, 1.807) is 42.5 Å². The molecule has 0 unspecified atom stereocenters. The highest BCUT2D eigenvalue weighted by atomic mass is 35.5. The van der Waals surface area contributed by atoms with Gasteiger partial charge in [-0.1, -0.05) is 11.6 Å². The molecule has 1 amide bonds. The number of rotatable bonds is 6. The van der Waals surface area contributed by atoms with Gasteiger partial charge in [0.05, 0.1) is 17.8 Å². The minimum Gasteiger partial charge on any atom is -0.495 e. The first-order chi connectivity index (χ1) is 12.2. The second-order valence-electron chi connectivity index (χ2n) is 4.93. The van der Waals surface area contributed by atoms with Crippen molar-refractivity contribution < 1.29 is 14.3 Å². The maximum absolute atomic E-state index is 12.0. The molecule has 9 heteroatoms. The molecular weight excluding hydrogens is 346 g/mol. The molecule has 0 aliphatic heterocycles. The Labute approximate surface area is 148 Å². The summed E-state index contributed by atoms with van der Waals surface area (Å²) in [6.45, 7) is -0.131. The van der Waals surface area contributed by atoms with Crippen LogP contribution < -0.4 is 14.8 Å². The van der Waals surface area contributed by atoms with E-state index in [1.807, 2.05) is 0 Å². The monoisotopic (exact) mass is 359 g/mol. The largest absolute Gasteiger partial charge is 0.495 e. The Hall–Kier alpha value is -3.13. The standard InChI is InChI=1S/C16H14ClN5O3/c1-24-15-7-2-11(8-14(15)17)19-16(23)9-25-13-5-3-12(4-6-13)22-10-18-20-21-22/h2-8,10H,9H2,1H3,(H,19,23). The molecule has 3 aromatic rings. The number of anilines is 1. The first-order valence-electron chi connectivity index (χ1n) is 7.25. The fourth-order valence-electron chi connectivity index (χ4n) is 2.06. The summed E-state index contributed by atoms with van der Waals surface area (Å²) < 4.78 is 12.0. The Morgan fingerprint density at radius 1 is 1.24 bits per heavy atom. The van der Waals surface area contributed by atoms with Crippen LogP contribution in [0.2, 0.25) is 5.02 Å². The Morgan fingerprint density at radius 2 is 2.04 bits per heavy atom. The summed E-state index contributed by atoms with van der Waals surface area (Å²) >= 11 is 6.02. The van der Waals surface area contributed by atoms with Gasteiger partial charge < -0.3 is 14.8 Å². The average Bonchev–Trinajstić information content (AvgIpc) is 3.15. The van der Waals surface area contributed by atoms with E-state index in [4.69, 9.17) is 21.1 Å². The normalized spacial score (nSPS) is 10.3. The lowest BCUT2D eigenvalue weighted by Crippen LogP contribution is -2.20. The third-order valence-corrected chi connectivity index (χ3v) is 3.55. The van der Waals surface area contributed by atoms with E-state index >= 15 is 0 Å². The summed E-state index contributed by atoms with van der Waals surface area (Å²) in [5.74, 6) is 0.795. The number of ether oxygens (including phenoxy) is 2. The number of aromatic nitrogens is 4. The van der Waals surface area contributed by atoms with Gasteiger partial charge in [-0.3, -0.25) is 4.79 Å². The Kier molecular flexibility index (Phi) is 5.10. The SMILES string of the molecule is COc1ccc(NC(=O)COc2ccc(-n3cnnn3)cc2)cc1Cl. The van der Waals surface area contributed by atoms with Crippen molar-refractivity contribution in [3.05, 3.63) is 53.8 Å². The topological polar surface area (TPSA) is 91.2 Å². The van der Waals surface area contributed by atoms with Gasteiger partial charge in [0.25, 0.3) is 5.91 Å². The molecule has 0 saturated carbocycles. The molecule has 1 heterocycles. The number of tetrazole rings is 1. The van der Waals surface area contributed by atoms with Crippen LogP contribution in [0.15, 0.2) is 48.8 Å². The average molecular weight is 360 g/mol. The second kappa shape index (κ2) is 7.63. The number of nitrogens with zero attached hydrogens (tertiary/aromatic N) is 4. The Morgan fingerprint density at radius 3 is 2.68 bits per heavy atom. The molecule has 3 rings (SSSR count). The van der Waals surface area contributed by atoms with Gasteiger partial charge in [0.1, 0.15) is 17.8 Å². The molecule has 0 bridgehead atoms. The van der Waals surface area contributed by atoms with Crippen molar-refractivity contribution in [3.63, 3.8) is 0 Å². The molecule has 0 radical (unpaired) electrons. The molecule has 0 spiro atoms. The van der Waals surface area contributed by atoms with Crippen LogP contribution in [0.5, 0.6) is 11.5 Å². The van der Waals surface area contributed by atoms with Crippen molar-refractivity contribution in [1.29, 1.82) is 0 Å². The number of nitrogens with one attached hydrogen (secondary N) is 1. The number of amides is 1. The molecule has 0 atom stereocenters. The predicted octanol–water partition coefficient (Wildman–Crippen LogP) is 2.34. The van der Waals surface area contributed by atoms with Crippen LogP contribution in [0, 0.1) is 0 Å². The zero-order valence-corrected chi connectivity index (χ0v) is 14.0. The van der Waals surface area contributed by atoms with E-state index in [2.05, 4.69) is 20.8 Å². The quantitative estimate of drug-likeness (QED) is 0.726. The predicted molar refractivity (Wildman–Crippen MR) is 91.3 cm³/mol. The number of benzene rings is 2. The van der Waals surface area contributed by atoms with E-state index in [0.717, 1.165) is 5.69 Å². The van der Waals surface area contributed by atoms with Gasteiger partial charge >= 0.3 is 0 Å². The fourth-order valence-corrected chi connectivity index (χ4v) is 2.32. The molecule has 1 N–H and O–H groups in total. The van der Waals surface area contributed by atoms with E-state index in [0.29, 0.717) is 22.2 Å². The molecule has 25 heavy (non-hydrogen) atoms. The van der Waals surface area contributed by atoms with Crippen molar-refractivity contribution >= 4 is 23.2 Å². The minimum atomic E-state index is -0.300. The van der Waals surface area contributed by atoms with Crippen molar-refractivity contribution in [2.75, 3.05) is 19.0 Å². The number of carbonyl (C=O) groups excluding carboxylic acids is 1. The van der Waals surface area contributed by atoms with Crippen LogP contribution in [0.3, 0.4) is 0 Å². The summed E-state index contributed by atoms with van der Waals surface area (Å²) in [5.41, 5.74) is 1.35. The fraction of sp³-hybridized carbons (Fsp3) is 0.125. The van der Waals surface area contributed by atoms with E-state index < -0.39 is 0 Å². The lowest BCUT2D eigenvalue weighted by atomic mass is 10.3. The first kappa shape index (κ1) is 16.7. The molecule has 0 aliphatic rings. The summed E-state index contributed by atoms with van der Waals surface area (Å²) in [7, 11) is 1.53. The maximum Gasteiger partial charge on any atom is 0.262 e. The molecular formula is C16H14ClN5O3. The highest BCUT2D eigenvalue weighted by molar-refractivity contribution is 6.32. The van der Waals surface area contributed by atoms with Gasteiger partial charge in [-0.2, -0.15) is 0 Å². The van der Waals surface area contributed by atoms with Crippen molar-refractivity contribution in [3.8, 4) is 17.2 Å². The van der Waals surface area contributed by atoms with Gasteiger partial charge in [-0.15, -0.1) is 5.10 Å². The molecule has 8 nitrogen and oxygen atoms in total. The summed E-state index contributed by atoms with van der Waals surface area (Å²) in [6, 6.07) is 12.0. The second-order valence-corrected chi connectivity index (χ2v) is 5.34. The number of hydrogen-bond donors (Lipinski definition) is 1. The number of carbonyl (C=O) groups is 1. The van der Waals surface area contributed by atoms with Crippen LogP contribution in [0.25, 0.3) is 5.69 Å². The van der Waals surface area contributed by atoms with Crippen LogP contribution in [-0.4, -0.2) is 39.8 Å². The van der Waals surface area contributed by atoms with Crippen LogP contribution in [0.4, 0.5) is 5.69 Å². The molecule has 0 fully saturated rings. The number of methoxy groups -OCH3 is 1. The van der Waals surface area contributed by atoms with Gasteiger partial charge in [0.2, 0.25) is 0 Å². The number of hydrogen-bond acceptors (Lipinski definition) is 6. The van der Waals surface area contributed by atoms with Gasteiger partial charge in [0, 0.05) is 5.69 Å². The van der Waals surface area contributed by atoms with Crippen LogP contribution in [-0.2, 0) is 4.79 Å². The zero-order chi connectivity index (χ0) is 17.6. The molecule has 0 saturated heterocycles. The van der Waals surface area contributed by atoms with Crippen LogP contribution in [0.1, 0.15) is 0 Å². The van der Waals surface area contributed by atoms with Gasteiger partial charge in [-0.25, -0.2) is 4.68 Å². The summed E-state index contributed by atoms with van der Waals surface area (Å²) in [5, 5.41) is 14.0. The lowest BCUT2D eigenvalue weighted by molar-refractivity contribution is -0.118. The van der Waals surface area contributed by atoms with Crippen molar-refractivity contribution in [2.24, 2.45) is 0 Å². The van der Waals surface area contributed by atoms with E-state index in [-0.39, 0.29) is 12.5 Å².